The van der Waals surface area contributed by atoms with E-state index >= 15 is 0 Å². The minimum Gasteiger partial charge on any atom is -0.206 e. The number of unbranched alkanes of at least 4 members (excludes halogenated alkanes) is 11. The van der Waals surface area contributed by atoms with Crippen molar-refractivity contribution in [3.05, 3.63) is 119 Å². The Morgan fingerprint density at radius 3 is 1.11 bits per heavy atom. The predicted molar refractivity (Wildman–Crippen MR) is 277 cm³/mol. The van der Waals surface area contributed by atoms with Crippen LogP contribution >= 0.6 is 0 Å². The Bertz CT molecular complexity index is 2030. The van der Waals surface area contributed by atoms with Gasteiger partial charge in [0, 0.05) is 34.1 Å². The second-order valence-corrected chi connectivity index (χ2v) is 19.7. The quantitative estimate of drug-likeness (QED) is 0.0578. The van der Waals surface area contributed by atoms with Crippen molar-refractivity contribution < 1.29 is 8.78 Å². The summed E-state index contributed by atoms with van der Waals surface area (Å²) >= 11 is 0. The van der Waals surface area contributed by atoms with Gasteiger partial charge in [-0.3, -0.25) is 0 Å². The van der Waals surface area contributed by atoms with Crippen LogP contribution in [0.1, 0.15) is 210 Å². The number of hydrogen-bond donors (Lipinski definition) is 0. The molecule has 2 aliphatic carbocycles. The van der Waals surface area contributed by atoms with Crippen LogP contribution in [0.25, 0.3) is 22.3 Å². The standard InChI is InChI=1S/C32H43F.C31H41F/c1-3-5-7-8-9-10-12-27-13-15-28(16-14-27)17-18-29-21-24-31(32(33)25-29)30-22-19-26(20-23-30)11-6-4-2;1-3-5-7-8-9-11-26-12-14-27(15-13-26)16-17-28-20-23-30(31(32)24-28)29-21-18-25(19-22-29)10-6-4-2/h19-25,27-28H,3-16H2,1-2H3;18-24,26-27H,3-15H2,1-2H3/t27-,28-;26-,27-. The van der Waals surface area contributed by atoms with Crippen LogP contribution < -0.4 is 0 Å². The summed E-state index contributed by atoms with van der Waals surface area (Å²) in [4.78, 5) is 0. The van der Waals surface area contributed by atoms with Gasteiger partial charge in [-0.15, -0.1) is 0 Å². The van der Waals surface area contributed by atoms with E-state index in [4.69, 9.17) is 0 Å². The van der Waals surface area contributed by atoms with Gasteiger partial charge in [0.05, 0.1) is 0 Å². The highest BCUT2D eigenvalue weighted by molar-refractivity contribution is 5.66. The molecule has 0 radical (unpaired) electrons. The van der Waals surface area contributed by atoms with Crippen molar-refractivity contribution in [3.63, 3.8) is 0 Å². The number of benzene rings is 4. The SMILES string of the molecule is CCCCCCCC[C@H]1CC[C@H](C#Cc2ccc(-c3ccc(CCCC)cc3)c(F)c2)CC1.CCCCCCC[C@H]1CC[C@H](C#Cc2ccc(-c3ccc(CCCC)cc3)c(F)c2)CC1. The second-order valence-electron chi connectivity index (χ2n) is 19.7. The maximum atomic E-state index is 14.8. The Morgan fingerprint density at radius 2 is 0.754 bits per heavy atom. The highest BCUT2D eigenvalue weighted by Crippen LogP contribution is 2.34. The average Bonchev–Trinajstić information content (AvgIpc) is 3.34. The molecular weight excluding hydrogens is 795 g/mol. The van der Waals surface area contributed by atoms with Crippen LogP contribution in [0.4, 0.5) is 8.78 Å². The molecule has 0 heterocycles. The number of halogens is 2. The lowest BCUT2D eigenvalue weighted by Crippen LogP contribution is -2.13. The van der Waals surface area contributed by atoms with Crippen LogP contribution in [0.15, 0.2) is 84.9 Å². The fourth-order valence-corrected chi connectivity index (χ4v) is 9.93. The molecule has 0 atom stereocenters. The van der Waals surface area contributed by atoms with Crippen molar-refractivity contribution in [2.24, 2.45) is 23.7 Å². The molecule has 350 valence electrons. The van der Waals surface area contributed by atoms with Crippen LogP contribution in [-0.2, 0) is 12.8 Å². The van der Waals surface area contributed by atoms with Crippen LogP contribution in [0.3, 0.4) is 0 Å². The molecule has 4 aromatic carbocycles. The summed E-state index contributed by atoms with van der Waals surface area (Å²) in [6.45, 7) is 8.96. The summed E-state index contributed by atoms with van der Waals surface area (Å²) in [5, 5.41) is 0. The lowest BCUT2D eigenvalue weighted by Gasteiger charge is -2.25. The molecule has 6 rings (SSSR count). The summed E-state index contributed by atoms with van der Waals surface area (Å²) in [6, 6.07) is 27.6. The van der Waals surface area contributed by atoms with Crippen molar-refractivity contribution in [1.82, 2.24) is 0 Å². The van der Waals surface area contributed by atoms with E-state index in [0.717, 1.165) is 46.9 Å². The molecule has 0 N–H and O–H groups in total. The molecule has 0 unspecified atom stereocenters. The normalized spacial score (nSPS) is 18.1. The molecule has 0 spiro atoms. The van der Waals surface area contributed by atoms with E-state index in [9.17, 15) is 8.78 Å². The topological polar surface area (TPSA) is 0 Å². The Balaban J connectivity index is 0.000000244. The van der Waals surface area contributed by atoms with Crippen LogP contribution in [0.5, 0.6) is 0 Å². The molecule has 2 heteroatoms. The fourth-order valence-electron chi connectivity index (χ4n) is 9.93. The highest BCUT2D eigenvalue weighted by Gasteiger charge is 2.21. The van der Waals surface area contributed by atoms with E-state index in [-0.39, 0.29) is 11.6 Å². The monoisotopic (exact) mass is 879 g/mol. The van der Waals surface area contributed by atoms with E-state index in [2.05, 4.69) is 75.6 Å². The third-order valence-electron chi connectivity index (χ3n) is 14.3. The Labute approximate surface area is 396 Å². The largest absolute Gasteiger partial charge is 0.206 e. The van der Waals surface area contributed by atoms with Crippen molar-refractivity contribution in [2.75, 3.05) is 0 Å². The summed E-state index contributed by atoms with van der Waals surface area (Å²) in [5.74, 6) is 15.8. The number of aryl methyl sites for hydroxylation is 2. The Hall–Kier alpha value is -4.14. The summed E-state index contributed by atoms with van der Waals surface area (Å²) in [6.07, 6.45) is 35.1. The van der Waals surface area contributed by atoms with Crippen LogP contribution in [-0.4, -0.2) is 0 Å². The third-order valence-corrected chi connectivity index (χ3v) is 14.3. The van der Waals surface area contributed by atoms with Crippen molar-refractivity contribution >= 4 is 0 Å². The van der Waals surface area contributed by atoms with Gasteiger partial charge < -0.3 is 0 Å². The van der Waals surface area contributed by atoms with Gasteiger partial charge in [0.15, 0.2) is 0 Å². The molecule has 65 heavy (non-hydrogen) atoms. The second kappa shape index (κ2) is 30.2. The summed E-state index contributed by atoms with van der Waals surface area (Å²) < 4.78 is 29.6. The van der Waals surface area contributed by atoms with Gasteiger partial charge in [0.2, 0.25) is 0 Å². The zero-order valence-corrected chi connectivity index (χ0v) is 41.2. The van der Waals surface area contributed by atoms with Gasteiger partial charge in [0.25, 0.3) is 0 Å². The fraction of sp³-hybridized carbons (Fsp3) is 0.556. The zero-order valence-electron chi connectivity index (χ0n) is 41.2. The van der Waals surface area contributed by atoms with E-state index < -0.39 is 0 Å². The van der Waals surface area contributed by atoms with Crippen LogP contribution in [0, 0.1) is 59.0 Å². The van der Waals surface area contributed by atoms with Gasteiger partial charge in [-0.25, -0.2) is 8.78 Å². The van der Waals surface area contributed by atoms with Gasteiger partial charge in [-0.1, -0.05) is 208 Å². The van der Waals surface area contributed by atoms with Crippen molar-refractivity contribution in [2.45, 2.75) is 201 Å². The molecule has 0 saturated heterocycles. The molecule has 0 bridgehead atoms. The predicted octanol–water partition coefficient (Wildman–Crippen LogP) is 19.1. The molecule has 2 aliphatic rings. The van der Waals surface area contributed by atoms with E-state index in [1.807, 2.05) is 48.5 Å². The Morgan fingerprint density at radius 1 is 0.400 bits per heavy atom. The van der Waals surface area contributed by atoms with Crippen molar-refractivity contribution in [1.29, 1.82) is 0 Å². The number of rotatable bonds is 21. The first-order chi connectivity index (χ1) is 31.9. The highest BCUT2D eigenvalue weighted by atomic mass is 19.1. The molecular formula is C63H84F2. The van der Waals surface area contributed by atoms with E-state index in [1.165, 1.54) is 172 Å². The first-order valence-electron chi connectivity index (χ1n) is 26.7. The lowest BCUT2D eigenvalue weighted by molar-refractivity contribution is 0.293. The molecule has 0 nitrogen and oxygen atoms in total. The van der Waals surface area contributed by atoms with Gasteiger partial charge >= 0.3 is 0 Å². The zero-order chi connectivity index (χ0) is 45.9. The lowest BCUT2D eigenvalue weighted by atomic mass is 9.80. The molecule has 2 fully saturated rings. The molecule has 0 aromatic heterocycles. The van der Waals surface area contributed by atoms with Gasteiger partial charge in [-0.2, -0.15) is 0 Å². The van der Waals surface area contributed by atoms with Crippen LogP contribution in [0.2, 0.25) is 0 Å². The minimum atomic E-state index is -0.176. The summed E-state index contributed by atoms with van der Waals surface area (Å²) in [7, 11) is 0. The maximum absolute atomic E-state index is 14.8. The smallest absolute Gasteiger partial charge is 0.132 e. The third kappa shape index (κ3) is 18.9. The van der Waals surface area contributed by atoms with Gasteiger partial charge in [-0.05, 0) is 135 Å². The average molecular weight is 879 g/mol. The number of hydrogen-bond acceptors (Lipinski definition) is 0. The summed E-state index contributed by atoms with van der Waals surface area (Å²) in [5.41, 5.74) is 7.45. The maximum Gasteiger partial charge on any atom is 0.132 e. The first-order valence-corrected chi connectivity index (χ1v) is 26.7. The molecule has 2 saturated carbocycles. The van der Waals surface area contributed by atoms with Crippen molar-refractivity contribution in [3.8, 4) is 45.9 Å². The van der Waals surface area contributed by atoms with Gasteiger partial charge in [0.1, 0.15) is 11.6 Å². The van der Waals surface area contributed by atoms with E-state index in [0.29, 0.717) is 23.0 Å². The Kier molecular flexibility index (Phi) is 24.1. The molecule has 4 aromatic rings. The minimum absolute atomic E-state index is 0.175. The molecule has 0 aliphatic heterocycles. The molecule has 0 amide bonds. The first kappa shape index (κ1) is 51.8. The van der Waals surface area contributed by atoms with E-state index in [1.54, 1.807) is 12.1 Å².